The summed E-state index contributed by atoms with van der Waals surface area (Å²) in [5.74, 6) is 0. The number of hydrogen-bond donors (Lipinski definition) is 0. The summed E-state index contributed by atoms with van der Waals surface area (Å²) in [6, 6.07) is 19.3. The molecule has 3 rings (SSSR count). The second-order valence-electron chi connectivity index (χ2n) is 5.24. The van der Waals surface area contributed by atoms with Gasteiger partial charge in [0.2, 0.25) is 0 Å². The van der Waals surface area contributed by atoms with Crippen LogP contribution in [-0.4, -0.2) is 24.7 Å². The van der Waals surface area contributed by atoms with Crippen LogP contribution in [0.3, 0.4) is 0 Å². The van der Waals surface area contributed by atoms with Gasteiger partial charge in [0.15, 0.2) is 0 Å². The summed E-state index contributed by atoms with van der Waals surface area (Å²) >= 11 is 0.332. The first kappa shape index (κ1) is 14.2. The van der Waals surface area contributed by atoms with Crippen molar-refractivity contribution in [3.63, 3.8) is 0 Å². The fourth-order valence-corrected chi connectivity index (χ4v) is 4.20. The molecule has 106 valence electrons. The molecule has 0 atom stereocenters. The van der Waals surface area contributed by atoms with Gasteiger partial charge in [-0.2, -0.15) is 0 Å². The van der Waals surface area contributed by atoms with E-state index in [1.165, 1.54) is 25.8 Å². The number of benzene rings is 2. The average Bonchev–Trinajstić information content (AvgIpc) is 2.94. The molecule has 3 aromatic rings. The SMILES string of the molecule is Cc1cccc(Cc2nnc(CCc3ccccc3)[se]2)c1. The molecule has 0 spiro atoms. The standard InChI is InChI=1S/C18H18N2Se/c1-14-6-5-9-16(12-14)13-18-20-19-17(21-18)11-10-15-7-3-2-4-8-15/h2-9,12H,10-11,13H2,1H3. The van der Waals surface area contributed by atoms with Crippen LogP contribution in [0.5, 0.6) is 0 Å². The second-order valence-corrected chi connectivity index (χ2v) is 7.65. The first-order valence-corrected chi connectivity index (χ1v) is 8.91. The van der Waals surface area contributed by atoms with Gasteiger partial charge in [0.1, 0.15) is 0 Å². The van der Waals surface area contributed by atoms with E-state index < -0.39 is 0 Å². The monoisotopic (exact) mass is 342 g/mol. The van der Waals surface area contributed by atoms with Gasteiger partial charge >= 0.3 is 131 Å². The van der Waals surface area contributed by atoms with E-state index in [4.69, 9.17) is 0 Å². The Morgan fingerprint density at radius 3 is 2.38 bits per heavy atom. The summed E-state index contributed by atoms with van der Waals surface area (Å²) in [6.07, 6.45) is 3.04. The maximum atomic E-state index is 4.39. The van der Waals surface area contributed by atoms with E-state index in [1.54, 1.807) is 0 Å². The van der Waals surface area contributed by atoms with Crippen molar-refractivity contribution in [2.24, 2.45) is 0 Å². The Bertz CT molecular complexity index is 704. The molecule has 0 fully saturated rings. The van der Waals surface area contributed by atoms with Gasteiger partial charge in [0.25, 0.3) is 0 Å². The van der Waals surface area contributed by atoms with Crippen molar-refractivity contribution in [3.8, 4) is 0 Å². The Labute approximate surface area is 131 Å². The minimum atomic E-state index is 0.332. The van der Waals surface area contributed by atoms with E-state index in [2.05, 4.69) is 71.7 Å². The summed E-state index contributed by atoms with van der Waals surface area (Å²) in [7, 11) is 0. The zero-order valence-electron chi connectivity index (χ0n) is 12.1. The van der Waals surface area contributed by atoms with Crippen molar-refractivity contribution in [2.75, 3.05) is 0 Å². The van der Waals surface area contributed by atoms with Crippen LogP contribution in [0.2, 0.25) is 0 Å². The van der Waals surface area contributed by atoms with Crippen molar-refractivity contribution in [3.05, 3.63) is 80.4 Å². The molecule has 1 aromatic heterocycles. The van der Waals surface area contributed by atoms with Gasteiger partial charge in [-0.15, -0.1) is 0 Å². The van der Waals surface area contributed by atoms with Crippen LogP contribution in [0.25, 0.3) is 0 Å². The van der Waals surface area contributed by atoms with Crippen LogP contribution in [0.15, 0.2) is 54.6 Å². The average molecular weight is 341 g/mol. The molecule has 0 aliphatic heterocycles. The molecule has 2 aromatic carbocycles. The zero-order chi connectivity index (χ0) is 14.5. The predicted molar refractivity (Wildman–Crippen MR) is 86.8 cm³/mol. The Hall–Kier alpha value is -1.70. The first-order valence-electron chi connectivity index (χ1n) is 7.20. The zero-order valence-corrected chi connectivity index (χ0v) is 13.8. The van der Waals surface area contributed by atoms with Crippen molar-refractivity contribution < 1.29 is 0 Å². The Morgan fingerprint density at radius 1 is 0.810 bits per heavy atom. The van der Waals surface area contributed by atoms with E-state index in [1.807, 2.05) is 0 Å². The third-order valence-electron chi connectivity index (χ3n) is 3.42. The predicted octanol–water partition coefficient (Wildman–Crippen LogP) is 3.22. The van der Waals surface area contributed by atoms with Crippen LogP contribution in [0.1, 0.15) is 25.8 Å². The first-order chi connectivity index (χ1) is 10.3. The van der Waals surface area contributed by atoms with Crippen LogP contribution >= 0.6 is 0 Å². The molecule has 0 radical (unpaired) electrons. The van der Waals surface area contributed by atoms with E-state index >= 15 is 0 Å². The van der Waals surface area contributed by atoms with Crippen molar-refractivity contribution in [1.29, 1.82) is 0 Å². The van der Waals surface area contributed by atoms with E-state index in [9.17, 15) is 0 Å². The summed E-state index contributed by atoms with van der Waals surface area (Å²) in [6.45, 7) is 2.13. The number of hydrogen-bond acceptors (Lipinski definition) is 2. The fraction of sp³-hybridized carbons (Fsp3) is 0.222. The number of aryl methyl sites for hydroxylation is 3. The topological polar surface area (TPSA) is 25.8 Å². The van der Waals surface area contributed by atoms with Gasteiger partial charge in [-0.25, -0.2) is 0 Å². The number of nitrogens with zero attached hydrogens (tertiary/aromatic N) is 2. The summed E-state index contributed by atoms with van der Waals surface area (Å²) < 4.78 is 2.52. The molecular formula is C18H18N2Se. The third kappa shape index (κ3) is 4.13. The quantitative estimate of drug-likeness (QED) is 0.666. The molecule has 0 bridgehead atoms. The molecule has 21 heavy (non-hydrogen) atoms. The van der Waals surface area contributed by atoms with Crippen molar-refractivity contribution in [2.45, 2.75) is 26.2 Å². The van der Waals surface area contributed by atoms with Gasteiger partial charge in [-0.1, -0.05) is 0 Å². The van der Waals surface area contributed by atoms with E-state index in [0.717, 1.165) is 19.3 Å². The summed E-state index contributed by atoms with van der Waals surface area (Å²) in [4.78, 5) is 0. The molecule has 0 aliphatic carbocycles. The maximum absolute atomic E-state index is 4.39. The molecule has 0 N–H and O–H groups in total. The number of rotatable bonds is 5. The van der Waals surface area contributed by atoms with Crippen LogP contribution < -0.4 is 0 Å². The molecule has 1 heterocycles. The molecule has 0 unspecified atom stereocenters. The van der Waals surface area contributed by atoms with Gasteiger partial charge in [-0.05, 0) is 0 Å². The van der Waals surface area contributed by atoms with E-state index in [0.29, 0.717) is 14.5 Å². The van der Waals surface area contributed by atoms with Crippen LogP contribution in [0, 0.1) is 6.92 Å². The Morgan fingerprint density at radius 2 is 1.57 bits per heavy atom. The van der Waals surface area contributed by atoms with Crippen LogP contribution in [0.4, 0.5) is 0 Å². The van der Waals surface area contributed by atoms with Crippen molar-refractivity contribution >= 4 is 14.5 Å². The molecule has 3 heteroatoms. The normalized spacial score (nSPS) is 10.7. The Balaban J connectivity index is 1.61. The molecular weight excluding hydrogens is 323 g/mol. The number of aromatic nitrogens is 2. The minimum absolute atomic E-state index is 0.332. The van der Waals surface area contributed by atoms with Gasteiger partial charge in [0, 0.05) is 0 Å². The molecule has 0 saturated heterocycles. The molecule has 0 aliphatic rings. The summed E-state index contributed by atoms with van der Waals surface area (Å²) in [5, 5.41) is 8.77. The molecule has 2 nitrogen and oxygen atoms in total. The fourth-order valence-electron chi connectivity index (χ4n) is 2.35. The molecule has 0 amide bonds. The third-order valence-corrected chi connectivity index (χ3v) is 5.48. The van der Waals surface area contributed by atoms with E-state index in [-0.39, 0.29) is 0 Å². The van der Waals surface area contributed by atoms with Gasteiger partial charge in [-0.3, -0.25) is 0 Å². The molecule has 0 saturated carbocycles. The van der Waals surface area contributed by atoms with Gasteiger partial charge in [0.05, 0.1) is 0 Å². The summed E-state index contributed by atoms with van der Waals surface area (Å²) in [5.41, 5.74) is 4.03. The Kier molecular flexibility index (Phi) is 4.64. The van der Waals surface area contributed by atoms with Crippen LogP contribution in [-0.2, 0) is 19.3 Å². The van der Waals surface area contributed by atoms with Crippen molar-refractivity contribution in [1.82, 2.24) is 10.2 Å². The second kappa shape index (κ2) is 6.84. The van der Waals surface area contributed by atoms with Gasteiger partial charge < -0.3 is 0 Å².